The molecule has 1 aliphatic rings. The lowest BCUT2D eigenvalue weighted by Gasteiger charge is -2.53. The highest BCUT2D eigenvalue weighted by Gasteiger charge is 2.33. The number of nitrogens with zero attached hydrogens (tertiary/aromatic N) is 2. The third kappa shape index (κ3) is 2.64. The number of rotatable bonds is 3. The van der Waals surface area contributed by atoms with Gasteiger partial charge in [0.15, 0.2) is 0 Å². The van der Waals surface area contributed by atoms with Crippen molar-refractivity contribution in [3.05, 3.63) is 12.1 Å². The van der Waals surface area contributed by atoms with Gasteiger partial charge in [0.1, 0.15) is 8.24 Å². The number of hydrogen-bond donors (Lipinski definition) is 0. The lowest BCUT2D eigenvalue weighted by molar-refractivity contribution is 0.373. The summed E-state index contributed by atoms with van der Waals surface area (Å²) in [6.45, 7) is 13.9. The molecule has 0 N–H and O–H groups in total. The first-order chi connectivity index (χ1) is 6.91. The van der Waals surface area contributed by atoms with Crippen LogP contribution in [0.5, 0.6) is 0 Å². The van der Waals surface area contributed by atoms with Crippen molar-refractivity contribution in [2.24, 2.45) is 4.99 Å². The van der Waals surface area contributed by atoms with Gasteiger partial charge in [0.25, 0.3) is 0 Å². The zero-order chi connectivity index (χ0) is 11.6. The van der Waals surface area contributed by atoms with Gasteiger partial charge < -0.3 is 9.56 Å². The van der Waals surface area contributed by atoms with Crippen LogP contribution < -0.4 is 0 Å². The maximum Gasteiger partial charge on any atom is 0.117 e. The predicted octanol–water partition coefficient (Wildman–Crippen LogP) is 3.48. The molecule has 1 radical (unpaired) electrons. The summed E-state index contributed by atoms with van der Waals surface area (Å²) in [5.41, 5.74) is 0. The quantitative estimate of drug-likeness (QED) is 0.529. The normalized spacial score (nSPS) is 24.9. The van der Waals surface area contributed by atoms with Crippen molar-refractivity contribution in [3.8, 4) is 0 Å². The molecule has 1 atom stereocenters. The molecule has 3 heteroatoms. The van der Waals surface area contributed by atoms with Gasteiger partial charge in [0.05, 0.1) is 0 Å². The molecule has 0 saturated carbocycles. The second-order valence-corrected chi connectivity index (χ2v) is 9.98. The molecule has 0 aromatic carbocycles. The summed E-state index contributed by atoms with van der Waals surface area (Å²) in [6.07, 6.45) is 4.26. The van der Waals surface area contributed by atoms with E-state index in [0.29, 0.717) is 6.04 Å². The van der Waals surface area contributed by atoms with Crippen LogP contribution in [0, 0.1) is 12.1 Å². The fraction of sp³-hybridized carbons (Fsp3) is 0.750. The standard InChI is InChI=1S/C12H24N2Si/c1-7-11-12(8-2)14(15(4,5)6)10(3)9-13-11/h9-10H,7-8H2,1-6H3/q-1. The molecule has 0 spiro atoms. The van der Waals surface area contributed by atoms with Crippen LogP contribution >= 0.6 is 0 Å². The molecule has 2 nitrogen and oxygen atoms in total. The molecular weight excluding hydrogens is 200 g/mol. The SMILES string of the molecule is CC[C]1[C-](CC)N=CC(C)N1[Si](C)(C)C. The summed E-state index contributed by atoms with van der Waals surface area (Å²) >= 11 is 0. The van der Waals surface area contributed by atoms with E-state index in [9.17, 15) is 0 Å². The number of hydrogen-bond acceptors (Lipinski definition) is 2. The Morgan fingerprint density at radius 3 is 2.40 bits per heavy atom. The van der Waals surface area contributed by atoms with Crippen LogP contribution in [0.2, 0.25) is 19.6 Å². The summed E-state index contributed by atoms with van der Waals surface area (Å²) in [5.74, 6) is 0. The molecular formula is C12H24N2Si-. The van der Waals surface area contributed by atoms with Crippen molar-refractivity contribution in [1.29, 1.82) is 0 Å². The average Bonchev–Trinajstić information content (AvgIpc) is 2.15. The van der Waals surface area contributed by atoms with Crippen LogP contribution in [0.1, 0.15) is 33.6 Å². The third-order valence-electron chi connectivity index (χ3n) is 2.87. The summed E-state index contributed by atoms with van der Waals surface area (Å²) < 4.78 is 2.64. The first-order valence-corrected chi connectivity index (χ1v) is 9.42. The molecule has 0 aromatic heterocycles. The Kier molecular flexibility index (Phi) is 4.01. The van der Waals surface area contributed by atoms with Crippen LogP contribution in [0.3, 0.4) is 0 Å². The second kappa shape index (κ2) is 4.70. The van der Waals surface area contributed by atoms with Crippen molar-refractivity contribution in [3.63, 3.8) is 0 Å². The van der Waals surface area contributed by atoms with Gasteiger partial charge in [-0.15, -0.1) is 12.3 Å². The van der Waals surface area contributed by atoms with Crippen LogP contribution in [-0.2, 0) is 0 Å². The molecule has 0 amide bonds. The topological polar surface area (TPSA) is 15.6 Å². The fourth-order valence-electron chi connectivity index (χ4n) is 2.41. The Balaban J connectivity index is 2.96. The van der Waals surface area contributed by atoms with Gasteiger partial charge in [-0.3, -0.25) is 0 Å². The van der Waals surface area contributed by atoms with Gasteiger partial charge in [-0.05, 0) is 18.5 Å². The van der Waals surface area contributed by atoms with Gasteiger partial charge in [-0.1, -0.05) is 46.8 Å². The Morgan fingerprint density at radius 2 is 2.00 bits per heavy atom. The second-order valence-electron chi connectivity index (χ2n) is 5.16. The zero-order valence-corrected chi connectivity index (χ0v) is 12.0. The zero-order valence-electron chi connectivity index (χ0n) is 11.0. The van der Waals surface area contributed by atoms with Gasteiger partial charge in [-0.25, -0.2) is 0 Å². The average molecular weight is 224 g/mol. The minimum Gasteiger partial charge on any atom is -0.451 e. The van der Waals surface area contributed by atoms with E-state index in [1.54, 1.807) is 0 Å². The molecule has 1 aliphatic heterocycles. The Morgan fingerprint density at radius 1 is 1.40 bits per heavy atom. The molecule has 0 aromatic rings. The Labute approximate surface area is 95.9 Å². The third-order valence-corrected chi connectivity index (χ3v) is 4.99. The van der Waals surface area contributed by atoms with Gasteiger partial charge in [-0.2, -0.15) is 0 Å². The molecule has 1 heterocycles. The lowest BCUT2D eigenvalue weighted by Crippen LogP contribution is -2.56. The largest absolute Gasteiger partial charge is 0.451 e. The summed E-state index contributed by atoms with van der Waals surface area (Å²) in [4.78, 5) is 4.58. The lowest BCUT2D eigenvalue weighted by atomic mass is 10.0. The highest BCUT2D eigenvalue weighted by molar-refractivity contribution is 6.73. The van der Waals surface area contributed by atoms with E-state index in [1.807, 2.05) is 0 Å². The molecule has 15 heavy (non-hydrogen) atoms. The molecule has 1 unspecified atom stereocenters. The van der Waals surface area contributed by atoms with Gasteiger partial charge in [0, 0.05) is 0 Å². The van der Waals surface area contributed by atoms with Crippen molar-refractivity contribution in [2.75, 3.05) is 0 Å². The van der Waals surface area contributed by atoms with Crippen molar-refractivity contribution in [2.45, 2.75) is 59.3 Å². The van der Waals surface area contributed by atoms with E-state index in [0.717, 1.165) is 12.8 Å². The Bertz CT molecular complexity index is 232. The molecule has 0 fully saturated rings. The molecule has 1 rings (SSSR count). The number of aliphatic imine (C=N–C) groups is 1. The van der Waals surface area contributed by atoms with Crippen LogP contribution in [0.25, 0.3) is 0 Å². The first-order valence-electron chi connectivity index (χ1n) is 5.97. The Hall–Kier alpha value is -0.283. The summed E-state index contributed by atoms with van der Waals surface area (Å²) in [6, 6.07) is 3.24. The first kappa shape index (κ1) is 12.8. The summed E-state index contributed by atoms with van der Waals surface area (Å²) in [5, 5.41) is 0. The monoisotopic (exact) mass is 224 g/mol. The highest BCUT2D eigenvalue weighted by atomic mass is 28.3. The van der Waals surface area contributed by atoms with Crippen molar-refractivity contribution in [1.82, 2.24) is 4.57 Å². The van der Waals surface area contributed by atoms with E-state index in [1.165, 1.54) is 12.1 Å². The highest BCUT2D eigenvalue weighted by Crippen LogP contribution is 2.36. The predicted molar refractivity (Wildman–Crippen MR) is 70.2 cm³/mol. The molecule has 0 saturated heterocycles. The molecule has 87 valence electrons. The van der Waals surface area contributed by atoms with E-state index in [-0.39, 0.29) is 0 Å². The van der Waals surface area contributed by atoms with E-state index in [2.05, 4.69) is 56.2 Å². The van der Waals surface area contributed by atoms with E-state index in [4.69, 9.17) is 0 Å². The van der Waals surface area contributed by atoms with E-state index < -0.39 is 8.24 Å². The van der Waals surface area contributed by atoms with Crippen molar-refractivity contribution >= 4 is 14.5 Å². The smallest absolute Gasteiger partial charge is 0.117 e. The fourth-order valence-corrected chi connectivity index (χ4v) is 4.79. The molecule has 0 bridgehead atoms. The van der Waals surface area contributed by atoms with Crippen LogP contribution in [0.4, 0.5) is 0 Å². The van der Waals surface area contributed by atoms with Gasteiger partial charge in [0.2, 0.25) is 0 Å². The van der Waals surface area contributed by atoms with Crippen LogP contribution in [-0.4, -0.2) is 25.1 Å². The maximum absolute atomic E-state index is 4.58. The minimum atomic E-state index is -1.28. The van der Waals surface area contributed by atoms with E-state index >= 15 is 0 Å². The maximum atomic E-state index is 4.58. The molecule has 0 aliphatic carbocycles. The van der Waals surface area contributed by atoms with Crippen molar-refractivity contribution < 1.29 is 0 Å². The van der Waals surface area contributed by atoms with Gasteiger partial charge >= 0.3 is 0 Å². The summed E-state index contributed by atoms with van der Waals surface area (Å²) in [7, 11) is -1.28. The van der Waals surface area contributed by atoms with Crippen LogP contribution in [0.15, 0.2) is 4.99 Å². The minimum absolute atomic E-state index is 0.474.